The minimum Gasteiger partial charge on any atom is -0.331 e. The minimum absolute atomic E-state index is 0.541. The molecule has 0 aliphatic rings. The number of rotatable bonds is 4. The lowest BCUT2D eigenvalue weighted by Crippen LogP contribution is -2.33. The minimum atomic E-state index is 0.541. The number of aryl methyl sites for hydroxylation is 2. The topological polar surface area (TPSA) is 36.1 Å². The van der Waals surface area contributed by atoms with Gasteiger partial charge >= 0.3 is 0 Å². The summed E-state index contributed by atoms with van der Waals surface area (Å²) in [6.07, 6.45) is 1.01. The van der Waals surface area contributed by atoms with Gasteiger partial charge in [-0.1, -0.05) is 31.2 Å². The van der Waals surface area contributed by atoms with Crippen molar-refractivity contribution >= 4 is 28.7 Å². The highest BCUT2D eigenvalue weighted by molar-refractivity contribution is 7.80. The normalized spacial score (nSPS) is 9.90. The number of benzene rings is 2. The van der Waals surface area contributed by atoms with Crippen LogP contribution in [0.15, 0.2) is 48.5 Å². The van der Waals surface area contributed by atoms with Crippen LogP contribution in [-0.4, -0.2) is 5.11 Å². The molecular formula is C16H19N3S. The van der Waals surface area contributed by atoms with Gasteiger partial charge in [-0.05, 0) is 61.0 Å². The fourth-order valence-corrected chi connectivity index (χ4v) is 2.05. The molecule has 0 atom stereocenters. The van der Waals surface area contributed by atoms with Gasteiger partial charge in [0.15, 0.2) is 5.11 Å². The van der Waals surface area contributed by atoms with Crippen LogP contribution in [0.1, 0.15) is 18.1 Å². The third-order valence-corrected chi connectivity index (χ3v) is 3.14. The molecule has 0 radical (unpaired) electrons. The van der Waals surface area contributed by atoms with E-state index >= 15 is 0 Å². The summed E-state index contributed by atoms with van der Waals surface area (Å²) in [6.45, 7) is 4.19. The summed E-state index contributed by atoms with van der Waals surface area (Å²) in [5.74, 6) is 0. The molecule has 3 N–H and O–H groups in total. The number of hydrazine groups is 1. The van der Waals surface area contributed by atoms with Gasteiger partial charge in [0.2, 0.25) is 0 Å². The van der Waals surface area contributed by atoms with Gasteiger partial charge in [0, 0.05) is 5.69 Å². The van der Waals surface area contributed by atoms with E-state index in [0.29, 0.717) is 5.11 Å². The molecule has 0 heterocycles. The van der Waals surface area contributed by atoms with Gasteiger partial charge in [-0.15, -0.1) is 0 Å². The Balaban J connectivity index is 1.89. The molecule has 0 amide bonds. The molecule has 0 bridgehead atoms. The standard InChI is InChI=1S/C16H19N3S/c1-3-13-7-5-8-14(11-13)17-16(20)19-18-15-9-4-6-12(2)10-15/h4-11,18H,3H2,1-2H3,(H2,17,19,20). The second-order valence-corrected chi connectivity index (χ2v) is 5.04. The summed E-state index contributed by atoms with van der Waals surface area (Å²) in [6, 6.07) is 16.3. The lowest BCUT2D eigenvalue weighted by Gasteiger charge is -2.13. The summed E-state index contributed by atoms with van der Waals surface area (Å²) in [4.78, 5) is 0. The monoisotopic (exact) mass is 285 g/mol. The van der Waals surface area contributed by atoms with Crippen LogP contribution in [0.25, 0.3) is 0 Å². The molecule has 0 fully saturated rings. The molecular weight excluding hydrogens is 266 g/mol. The Hall–Kier alpha value is -2.07. The summed E-state index contributed by atoms with van der Waals surface area (Å²) in [5.41, 5.74) is 10.5. The first-order valence-electron chi connectivity index (χ1n) is 6.66. The fraction of sp³-hybridized carbons (Fsp3) is 0.188. The predicted octanol–water partition coefficient (Wildman–Crippen LogP) is 3.87. The molecule has 104 valence electrons. The van der Waals surface area contributed by atoms with E-state index in [2.05, 4.69) is 48.2 Å². The zero-order valence-corrected chi connectivity index (χ0v) is 12.6. The molecule has 0 saturated carbocycles. The van der Waals surface area contributed by atoms with E-state index in [1.165, 1.54) is 11.1 Å². The van der Waals surface area contributed by atoms with Gasteiger partial charge < -0.3 is 5.32 Å². The van der Waals surface area contributed by atoms with Crippen LogP contribution in [0.4, 0.5) is 11.4 Å². The third-order valence-electron chi connectivity index (χ3n) is 2.93. The number of hydrogen-bond donors (Lipinski definition) is 3. The molecule has 0 spiro atoms. The molecule has 0 aromatic heterocycles. The Morgan fingerprint density at radius 2 is 1.80 bits per heavy atom. The van der Waals surface area contributed by atoms with Crippen molar-refractivity contribution in [2.45, 2.75) is 20.3 Å². The van der Waals surface area contributed by atoms with Gasteiger partial charge in [-0.25, -0.2) is 0 Å². The van der Waals surface area contributed by atoms with E-state index < -0.39 is 0 Å². The van der Waals surface area contributed by atoms with Crippen molar-refractivity contribution in [2.24, 2.45) is 0 Å². The number of nitrogens with one attached hydrogen (secondary N) is 3. The lowest BCUT2D eigenvalue weighted by molar-refractivity contribution is 1.13. The molecule has 0 aliphatic carbocycles. The predicted molar refractivity (Wildman–Crippen MR) is 90.0 cm³/mol. The SMILES string of the molecule is CCc1cccc(NC(=S)NNc2cccc(C)c2)c1. The fourth-order valence-electron chi connectivity index (χ4n) is 1.88. The van der Waals surface area contributed by atoms with E-state index in [1.807, 2.05) is 30.3 Å². The first kappa shape index (κ1) is 14.3. The Kier molecular flexibility index (Phi) is 4.96. The van der Waals surface area contributed by atoms with E-state index in [-0.39, 0.29) is 0 Å². The molecule has 4 heteroatoms. The summed E-state index contributed by atoms with van der Waals surface area (Å²) >= 11 is 5.26. The van der Waals surface area contributed by atoms with Gasteiger partial charge in [0.25, 0.3) is 0 Å². The quantitative estimate of drug-likeness (QED) is 0.589. The smallest absolute Gasteiger partial charge is 0.189 e. The van der Waals surface area contributed by atoms with E-state index in [9.17, 15) is 0 Å². The van der Waals surface area contributed by atoms with Crippen LogP contribution >= 0.6 is 12.2 Å². The van der Waals surface area contributed by atoms with Gasteiger partial charge in [0.05, 0.1) is 5.69 Å². The van der Waals surface area contributed by atoms with Gasteiger partial charge in [-0.3, -0.25) is 10.9 Å². The van der Waals surface area contributed by atoms with Gasteiger partial charge in [-0.2, -0.15) is 0 Å². The Morgan fingerprint density at radius 1 is 1.05 bits per heavy atom. The zero-order valence-electron chi connectivity index (χ0n) is 11.7. The maximum atomic E-state index is 5.26. The Bertz CT molecular complexity index is 596. The Morgan fingerprint density at radius 3 is 2.55 bits per heavy atom. The Labute approximate surface area is 125 Å². The largest absolute Gasteiger partial charge is 0.331 e. The average Bonchev–Trinajstić information content (AvgIpc) is 2.45. The van der Waals surface area contributed by atoms with E-state index in [1.54, 1.807) is 0 Å². The average molecular weight is 285 g/mol. The lowest BCUT2D eigenvalue weighted by atomic mass is 10.1. The van der Waals surface area contributed by atoms with E-state index in [0.717, 1.165) is 17.8 Å². The highest BCUT2D eigenvalue weighted by Crippen LogP contribution is 2.11. The maximum absolute atomic E-state index is 5.26. The molecule has 0 unspecified atom stereocenters. The summed E-state index contributed by atoms with van der Waals surface area (Å²) in [5, 5.41) is 3.70. The van der Waals surface area contributed by atoms with Crippen molar-refractivity contribution in [3.8, 4) is 0 Å². The van der Waals surface area contributed by atoms with Crippen molar-refractivity contribution < 1.29 is 0 Å². The number of hydrogen-bond acceptors (Lipinski definition) is 2. The number of thiocarbonyl (C=S) groups is 1. The summed E-state index contributed by atoms with van der Waals surface area (Å²) in [7, 11) is 0. The first-order chi connectivity index (χ1) is 9.67. The van der Waals surface area contributed by atoms with E-state index in [4.69, 9.17) is 12.2 Å². The second-order valence-electron chi connectivity index (χ2n) is 4.63. The van der Waals surface area contributed by atoms with Crippen molar-refractivity contribution in [3.05, 3.63) is 59.7 Å². The maximum Gasteiger partial charge on any atom is 0.189 e. The van der Waals surface area contributed by atoms with Crippen LogP contribution in [0, 0.1) is 6.92 Å². The van der Waals surface area contributed by atoms with Crippen molar-refractivity contribution in [1.82, 2.24) is 5.43 Å². The van der Waals surface area contributed by atoms with Crippen LogP contribution in [0.3, 0.4) is 0 Å². The molecule has 0 aliphatic heterocycles. The molecule has 0 saturated heterocycles. The van der Waals surface area contributed by atoms with Crippen molar-refractivity contribution in [1.29, 1.82) is 0 Å². The van der Waals surface area contributed by atoms with Crippen molar-refractivity contribution in [2.75, 3.05) is 10.7 Å². The molecule has 2 aromatic rings. The zero-order chi connectivity index (χ0) is 14.4. The van der Waals surface area contributed by atoms with Crippen LogP contribution in [-0.2, 0) is 6.42 Å². The first-order valence-corrected chi connectivity index (χ1v) is 7.07. The van der Waals surface area contributed by atoms with Crippen LogP contribution in [0.2, 0.25) is 0 Å². The van der Waals surface area contributed by atoms with Crippen LogP contribution < -0.4 is 16.2 Å². The second kappa shape index (κ2) is 6.91. The number of anilines is 2. The highest BCUT2D eigenvalue weighted by atomic mass is 32.1. The highest BCUT2D eigenvalue weighted by Gasteiger charge is 1.98. The third kappa shape index (κ3) is 4.24. The molecule has 20 heavy (non-hydrogen) atoms. The van der Waals surface area contributed by atoms with Crippen molar-refractivity contribution in [3.63, 3.8) is 0 Å². The van der Waals surface area contributed by atoms with Crippen LogP contribution in [0.5, 0.6) is 0 Å². The molecule has 2 rings (SSSR count). The molecule has 2 aromatic carbocycles. The summed E-state index contributed by atoms with van der Waals surface area (Å²) < 4.78 is 0. The van der Waals surface area contributed by atoms with Gasteiger partial charge in [0.1, 0.15) is 0 Å². The molecule has 3 nitrogen and oxygen atoms in total.